The van der Waals surface area contributed by atoms with Crippen molar-refractivity contribution in [3.05, 3.63) is 57.6 Å². The molecule has 0 bridgehead atoms. The molecule has 0 saturated heterocycles. The van der Waals surface area contributed by atoms with Crippen LogP contribution in [0.1, 0.15) is 15.9 Å². The maximum Gasteiger partial charge on any atom is 0.387 e. The van der Waals surface area contributed by atoms with E-state index < -0.39 is 18.5 Å². The van der Waals surface area contributed by atoms with Crippen molar-refractivity contribution in [2.45, 2.75) is 13.2 Å². The highest BCUT2D eigenvalue weighted by Crippen LogP contribution is 2.29. The lowest BCUT2D eigenvalue weighted by atomic mass is 10.2. The molecule has 0 spiro atoms. The molecule has 150 valence electrons. The van der Waals surface area contributed by atoms with Gasteiger partial charge in [0.2, 0.25) is 0 Å². The molecule has 2 aromatic carbocycles. The number of alkyl halides is 2. The summed E-state index contributed by atoms with van der Waals surface area (Å²) in [6, 6.07) is 8.45. The number of rotatable bonds is 8. The number of halogens is 4. The normalized spacial score (nSPS) is 10.5. The molecule has 0 saturated carbocycles. The van der Waals surface area contributed by atoms with Crippen molar-refractivity contribution in [3.63, 3.8) is 0 Å². The van der Waals surface area contributed by atoms with E-state index in [9.17, 15) is 18.4 Å². The van der Waals surface area contributed by atoms with Crippen molar-refractivity contribution >= 4 is 35.1 Å². The molecular weight excluding hydrogens is 419 g/mol. The molecule has 2 aromatic rings. The van der Waals surface area contributed by atoms with Gasteiger partial charge in [0.15, 0.2) is 11.5 Å². The quantitative estimate of drug-likeness (QED) is 0.634. The van der Waals surface area contributed by atoms with E-state index in [-0.39, 0.29) is 35.2 Å². The van der Waals surface area contributed by atoms with E-state index in [0.29, 0.717) is 10.6 Å². The molecule has 1 N–H and O–H groups in total. The molecule has 0 atom stereocenters. The number of ether oxygens (including phenoxy) is 3. The number of hydrogen-bond donors (Lipinski definition) is 1. The van der Waals surface area contributed by atoms with Crippen molar-refractivity contribution in [2.24, 2.45) is 0 Å². The third kappa shape index (κ3) is 6.24. The van der Waals surface area contributed by atoms with Gasteiger partial charge in [-0.1, -0.05) is 29.3 Å². The Balaban J connectivity index is 1.87. The van der Waals surface area contributed by atoms with E-state index in [0.717, 1.165) is 0 Å². The number of nitrogens with one attached hydrogen (secondary N) is 1. The zero-order valence-corrected chi connectivity index (χ0v) is 16.0. The smallest absolute Gasteiger partial charge is 0.387 e. The van der Waals surface area contributed by atoms with Gasteiger partial charge in [0.25, 0.3) is 5.91 Å². The lowest BCUT2D eigenvalue weighted by Crippen LogP contribution is -2.30. The van der Waals surface area contributed by atoms with E-state index in [2.05, 4.69) is 10.1 Å². The van der Waals surface area contributed by atoms with Crippen molar-refractivity contribution in [1.29, 1.82) is 0 Å². The zero-order chi connectivity index (χ0) is 20.7. The summed E-state index contributed by atoms with van der Waals surface area (Å²) < 4.78 is 38.9. The minimum Gasteiger partial charge on any atom is -0.493 e. The van der Waals surface area contributed by atoms with Gasteiger partial charge in [0.05, 0.1) is 17.7 Å². The number of carbonyl (C=O) groups excluding carboxylic acids is 2. The van der Waals surface area contributed by atoms with Crippen LogP contribution in [0.5, 0.6) is 11.5 Å². The number of carbonyl (C=O) groups is 2. The van der Waals surface area contributed by atoms with Gasteiger partial charge in [-0.25, -0.2) is 0 Å². The van der Waals surface area contributed by atoms with Crippen LogP contribution in [0.3, 0.4) is 0 Å². The molecule has 0 aliphatic carbocycles. The van der Waals surface area contributed by atoms with Crippen LogP contribution in [0.2, 0.25) is 10.0 Å². The maximum atomic E-state index is 12.3. The molecule has 1 amide bonds. The summed E-state index contributed by atoms with van der Waals surface area (Å²) in [5, 5.41) is 2.91. The van der Waals surface area contributed by atoms with Crippen LogP contribution in [-0.4, -0.2) is 32.1 Å². The Hall–Kier alpha value is -2.58. The number of methoxy groups -OCH3 is 1. The second kappa shape index (κ2) is 10.1. The monoisotopic (exact) mass is 433 g/mol. The first kappa shape index (κ1) is 21.7. The molecule has 0 aliphatic rings. The van der Waals surface area contributed by atoms with Gasteiger partial charge in [0.1, 0.15) is 13.2 Å². The van der Waals surface area contributed by atoms with Gasteiger partial charge in [-0.15, -0.1) is 0 Å². The fourth-order valence-corrected chi connectivity index (χ4v) is 2.63. The van der Waals surface area contributed by atoms with Gasteiger partial charge in [-0.05, 0) is 35.9 Å². The number of hydrogen-bond acceptors (Lipinski definition) is 5. The van der Waals surface area contributed by atoms with Crippen LogP contribution < -0.4 is 14.8 Å². The van der Waals surface area contributed by atoms with Crippen LogP contribution in [0.25, 0.3) is 0 Å². The van der Waals surface area contributed by atoms with Gasteiger partial charge < -0.3 is 19.5 Å². The Labute approximate surface area is 169 Å². The minimum atomic E-state index is -2.99. The second-order valence-electron chi connectivity index (χ2n) is 5.33. The molecule has 0 heterocycles. The van der Waals surface area contributed by atoms with E-state index >= 15 is 0 Å². The molecule has 0 aromatic heterocycles. The van der Waals surface area contributed by atoms with Crippen LogP contribution >= 0.6 is 23.2 Å². The summed E-state index contributed by atoms with van der Waals surface area (Å²) in [4.78, 5) is 23.8. The average molecular weight is 434 g/mol. The molecule has 6 nitrogen and oxygen atoms in total. The number of benzene rings is 2. The van der Waals surface area contributed by atoms with Gasteiger partial charge in [0, 0.05) is 5.02 Å². The Morgan fingerprint density at radius 2 is 1.86 bits per heavy atom. The van der Waals surface area contributed by atoms with E-state index in [1.165, 1.54) is 43.5 Å². The first-order valence-corrected chi connectivity index (χ1v) is 8.56. The SMILES string of the molecule is COc1cc(COC(=O)CNC(=O)c2ccc(Cl)cc2Cl)ccc1OC(F)F. The Kier molecular flexibility index (Phi) is 7.83. The number of amides is 1. The zero-order valence-electron chi connectivity index (χ0n) is 14.5. The molecule has 28 heavy (non-hydrogen) atoms. The molecule has 0 unspecified atom stereocenters. The Bertz CT molecular complexity index is 864. The largest absolute Gasteiger partial charge is 0.493 e. The topological polar surface area (TPSA) is 73.9 Å². The third-order valence-electron chi connectivity index (χ3n) is 3.41. The highest BCUT2D eigenvalue weighted by Gasteiger charge is 2.14. The molecule has 10 heteroatoms. The maximum absolute atomic E-state index is 12.3. The first-order valence-electron chi connectivity index (χ1n) is 7.80. The summed E-state index contributed by atoms with van der Waals surface area (Å²) >= 11 is 11.7. The minimum absolute atomic E-state index is 0.0690. The fraction of sp³-hybridized carbons (Fsp3) is 0.222. The first-order chi connectivity index (χ1) is 13.3. The number of esters is 1. The van der Waals surface area contributed by atoms with Crippen LogP contribution in [-0.2, 0) is 16.1 Å². The Morgan fingerprint density at radius 1 is 1.11 bits per heavy atom. The highest BCUT2D eigenvalue weighted by atomic mass is 35.5. The van der Waals surface area contributed by atoms with Crippen molar-refractivity contribution < 1.29 is 32.6 Å². The molecule has 0 aliphatic heterocycles. The van der Waals surface area contributed by atoms with Gasteiger partial charge >= 0.3 is 12.6 Å². The third-order valence-corrected chi connectivity index (χ3v) is 3.96. The van der Waals surface area contributed by atoms with Crippen molar-refractivity contribution in [1.82, 2.24) is 5.32 Å². The van der Waals surface area contributed by atoms with E-state index in [1.54, 1.807) is 0 Å². The summed E-state index contributed by atoms with van der Waals surface area (Å²) in [6.45, 7) is -3.53. The highest BCUT2D eigenvalue weighted by molar-refractivity contribution is 6.36. The standard InChI is InChI=1S/C18H15Cl2F2NO5/c1-26-15-6-10(2-5-14(15)28-18(21)22)9-27-16(24)8-23-17(25)12-4-3-11(19)7-13(12)20/h2-7,18H,8-9H2,1H3,(H,23,25). The molecule has 0 radical (unpaired) electrons. The van der Waals surface area contributed by atoms with Gasteiger partial charge in [-0.2, -0.15) is 8.78 Å². The summed E-state index contributed by atoms with van der Waals surface area (Å²) in [7, 11) is 1.29. The van der Waals surface area contributed by atoms with Crippen molar-refractivity contribution in [3.8, 4) is 11.5 Å². The van der Waals surface area contributed by atoms with Crippen LogP contribution in [0.4, 0.5) is 8.78 Å². The molecular formula is C18H15Cl2F2NO5. The second-order valence-corrected chi connectivity index (χ2v) is 6.17. The lowest BCUT2D eigenvalue weighted by Gasteiger charge is -2.12. The fourth-order valence-electron chi connectivity index (χ4n) is 2.13. The van der Waals surface area contributed by atoms with Crippen molar-refractivity contribution in [2.75, 3.05) is 13.7 Å². The van der Waals surface area contributed by atoms with E-state index in [4.69, 9.17) is 32.7 Å². The summed E-state index contributed by atoms with van der Waals surface area (Å²) in [6.07, 6.45) is 0. The summed E-state index contributed by atoms with van der Waals surface area (Å²) in [5.74, 6) is -1.33. The predicted molar refractivity (Wildman–Crippen MR) is 98.2 cm³/mol. The van der Waals surface area contributed by atoms with Gasteiger partial charge in [-0.3, -0.25) is 9.59 Å². The average Bonchev–Trinajstić information content (AvgIpc) is 2.64. The molecule has 2 rings (SSSR count). The Morgan fingerprint density at radius 3 is 2.50 bits per heavy atom. The predicted octanol–water partition coefficient (Wildman–Crippen LogP) is 4.08. The van der Waals surface area contributed by atoms with Crippen LogP contribution in [0, 0.1) is 0 Å². The van der Waals surface area contributed by atoms with E-state index in [1.807, 2.05) is 0 Å². The lowest BCUT2D eigenvalue weighted by molar-refractivity contribution is -0.143. The molecule has 0 fully saturated rings. The van der Waals surface area contributed by atoms with Crippen LogP contribution in [0.15, 0.2) is 36.4 Å². The summed E-state index contributed by atoms with van der Waals surface area (Å²) in [5.41, 5.74) is 0.650.